The van der Waals surface area contributed by atoms with Gasteiger partial charge in [-0.05, 0) is 0 Å². The standard InChI is InChI=1S/C6H8O2.C2H4O2/c1-3-5-8-6(7)4-2;1-2(3)4/h3-4H,1-2,5H2;1H3,(H,3,4). The number of carboxylic acid groups (broad SMARTS) is 1. The summed E-state index contributed by atoms with van der Waals surface area (Å²) in [4.78, 5) is 19.2. The molecule has 0 aliphatic carbocycles. The molecule has 0 aromatic heterocycles. The summed E-state index contributed by atoms with van der Waals surface area (Å²) in [6.07, 6.45) is 2.62. The van der Waals surface area contributed by atoms with Crippen LogP contribution in [0.5, 0.6) is 0 Å². The Labute approximate surface area is 71.2 Å². The van der Waals surface area contributed by atoms with Crippen molar-refractivity contribution in [1.29, 1.82) is 0 Å². The van der Waals surface area contributed by atoms with E-state index in [4.69, 9.17) is 9.90 Å². The van der Waals surface area contributed by atoms with Crippen molar-refractivity contribution in [2.45, 2.75) is 6.92 Å². The third kappa shape index (κ3) is 23.7. The lowest BCUT2D eigenvalue weighted by atomic mass is 10.6. The Morgan fingerprint density at radius 3 is 2.17 bits per heavy atom. The molecule has 0 saturated carbocycles. The molecule has 0 aromatic carbocycles. The van der Waals surface area contributed by atoms with E-state index in [0.29, 0.717) is 0 Å². The molecule has 0 saturated heterocycles. The van der Waals surface area contributed by atoms with E-state index in [0.717, 1.165) is 13.0 Å². The van der Waals surface area contributed by atoms with Crippen LogP contribution in [0.3, 0.4) is 0 Å². The predicted octanol–water partition coefficient (Wildman–Crippen LogP) is 0.992. The number of rotatable bonds is 3. The van der Waals surface area contributed by atoms with E-state index in [9.17, 15) is 4.79 Å². The Hall–Kier alpha value is -1.58. The van der Waals surface area contributed by atoms with Gasteiger partial charge in [-0.3, -0.25) is 4.79 Å². The summed E-state index contributed by atoms with van der Waals surface area (Å²) in [5.41, 5.74) is 0. The van der Waals surface area contributed by atoms with Crippen LogP contribution in [0.25, 0.3) is 0 Å². The Kier molecular flexibility index (Phi) is 10.2. The highest BCUT2D eigenvalue weighted by Crippen LogP contribution is 1.77. The average Bonchev–Trinajstić information content (AvgIpc) is 1.99. The highest BCUT2D eigenvalue weighted by Gasteiger charge is 1.87. The van der Waals surface area contributed by atoms with Gasteiger partial charge in [-0.25, -0.2) is 4.79 Å². The second-order valence-corrected chi connectivity index (χ2v) is 1.64. The molecule has 0 atom stereocenters. The maximum Gasteiger partial charge on any atom is 0.330 e. The van der Waals surface area contributed by atoms with E-state index in [1.807, 2.05) is 0 Å². The van der Waals surface area contributed by atoms with Crippen molar-refractivity contribution in [3.63, 3.8) is 0 Å². The van der Waals surface area contributed by atoms with E-state index >= 15 is 0 Å². The average molecular weight is 172 g/mol. The number of carbonyl (C=O) groups is 2. The Morgan fingerprint density at radius 1 is 1.50 bits per heavy atom. The molecule has 0 amide bonds. The van der Waals surface area contributed by atoms with Crippen molar-refractivity contribution in [2.24, 2.45) is 0 Å². The van der Waals surface area contributed by atoms with E-state index in [-0.39, 0.29) is 6.61 Å². The molecule has 1 N–H and O–H groups in total. The summed E-state index contributed by atoms with van der Waals surface area (Å²) in [6, 6.07) is 0. The fourth-order valence-electron chi connectivity index (χ4n) is 0.200. The van der Waals surface area contributed by atoms with Gasteiger partial charge < -0.3 is 9.84 Å². The van der Waals surface area contributed by atoms with Crippen LogP contribution in [0, 0.1) is 0 Å². The topological polar surface area (TPSA) is 63.6 Å². The zero-order valence-corrected chi connectivity index (χ0v) is 6.95. The number of carboxylic acids is 1. The number of aliphatic carboxylic acids is 1. The summed E-state index contributed by atoms with van der Waals surface area (Å²) < 4.78 is 4.47. The minimum Gasteiger partial charge on any atom is -0.481 e. The zero-order valence-electron chi connectivity index (χ0n) is 6.95. The molecule has 0 spiro atoms. The van der Waals surface area contributed by atoms with Gasteiger partial charge in [0.25, 0.3) is 5.97 Å². The van der Waals surface area contributed by atoms with Crippen molar-refractivity contribution >= 4 is 11.9 Å². The first-order chi connectivity index (χ1) is 5.54. The van der Waals surface area contributed by atoms with Gasteiger partial charge in [-0.1, -0.05) is 19.2 Å². The van der Waals surface area contributed by atoms with Crippen molar-refractivity contribution in [2.75, 3.05) is 6.61 Å². The molecule has 4 heteroatoms. The molecule has 0 rings (SSSR count). The molecule has 0 bridgehead atoms. The van der Waals surface area contributed by atoms with Gasteiger partial charge in [-0.15, -0.1) is 0 Å². The number of esters is 1. The van der Waals surface area contributed by atoms with Gasteiger partial charge in [0.1, 0.15) is 6.61 Å². The third-order valence-corrected chi connectivity index (χ3v) is 0.510. The fraction of sp³-hybridized carbons (Fsp3) is 0.250. The number of hydrogen-bond donors (Lipinski definition) is 1. The van der Waals surface area contributed by atoms with Gasteiger partial charge in [-0.2, -0.15) is 0 Å². The fourth-order valence-corrected chi connectivity index (χ4v) is 0.200. The van der Waals surface area contributed by atoms with Gasteiger partial charge in [0.2, 0.25) is 0 Å². The number of carbonyl (C=O) groups excluding carboxylic acids is 1. The van der Waals surface area contributed by atoms with Crippen LogP contribution in [0.1, 0.15) is 6.92 Å². The lowest BCUT2D eigenvalue weighted by Crippen LogP contribution is -1.98. The normalized spacial score (nSPS) is 7.08. The van der Waals surface area contributed by atoms with Crippen LogP contribution in [-0.4, -0.2) is 23.7 Å². The van der Waals surface area contributed by atoms with Crippen molar-refractivity contribution in [3.05, 3.63) is 25.3 Å². The monoisotopic (exact) mass is 172 g/mol. The van der Waals surface area contributed by atoms with Crippen LogP contribution in [0.4, 0.5) is 0 Å². The van der Waals surface area contributed by atoms with Crippen LogP contribution in [0.2, 0.25) is 0 Å². The Bertz CT molecular complexity index is 168. The first-order valence-electron chi connectivity index (χ1n) is 3.14. The van der Waals surface area contributed by atoms with Crippen LogP contribution < -0.4 is 0 Å². The zero-order chi connectivity index (χ0) is 9.98. The molecule has 0 heterocycles. The van der Waals surface area contributed by atoms with Gasteiger partial charge in [0.15, 0.2) is 0 Å². The number of ether oxygens (including phenoxy) is 1. The van der Waals surface area contributed by atoms with Crippen LogP contribution in [-0.2, 0) is 14.3 Å². The highest BCUT2D eigenvalue weighted by molar-refractivity contribution is 5.81. The molecule has 0 aliphatic rings. The first kappa shape index (κ1) is 13.0. The first-order valence-corrected chi connectivity index (χ1v) is 3.14. The maximum atomic E-state index is 10.2. The summed E-state index contributed by atoms with van der Waals surface area (Å²) in [6.45, 7) is 7.90. The minimum atomic E-state index is -0.833. The van der Waals surface area contributed by atoms with Crippen molar-refractivity contribution < 1.29 is 19.4 Å². The summed E-state index contributed by atoms with van der Waals surface area (Å²) in [7, 11) is 0. The second kappa shape index (κ2) is 9.42. The van der Waals surface area contributed by atoms with Crippen LogP contribution >= 0.6 is 0 Å². The SMILES string of the molecule is C=CCOC(=O)C=C.CC(=O)O. The molecule has 0 aromatic rings. The number of hydrogen-bond acceptors (Lipinski definition) is 3. The van der Waals surface area contributed by atoms with E-state index in [2.05, 4.69) is 17.9 Å². The predicted molar refractivity (Wildman–Crippen MR) is 44.7 cm³/mol. The van der Waals surface area contributed by atoms with Gasteiger partial charge in [0, 0.05) is 13.0 Å². The second-order valence-electron chi connectivity index (χ2n) is 1.64. The molecule has 4 nitrogen and oxygen atoms in total. The molecule has 0 fully saturated rings. The summed E-state index contributed by atoms with van der Waals surface area (Å²) in [5, 5.41) is 7.42. The van der Waals surface area contributed by atoms with Crippen molar-refractivity contribution in [1.82, 2.24) is 0 Å². The molecule has 68 valence electrons. The Morgan fingerprint density at radius 2 is 1.92 bits per heavy atom. The summed E-state index contributed by atoms with van der Waals surface area (Å²) >= 11 is 0. The largest absolute Gasteiger partial charge is 0.481 e. The maximum absolute atomic E-state index is 10.2. The van der Waals surface area contributed by atoms with Crippen LogP contribution in [0.15, 0.2) is 25.3 Å². The van der Waals surface area contributed by atoms with Gasteiger partial charge >= 0.3 is 5.97 Å². The molecule has 12 heavy (non-hydrogen) atoms. The molecule has 0 radical (unpaired) electrons. The van der Waals surface area contributed by atoms with E-state index in [1.54, 1.807) is 0 Å². The molecular weight excluding hydrogens is 160 g/mol. The lowest BCUT2D eigenvalue weighted by molar-refractivity contribution is -0.136. The quantitative estimate of drug-likeness (QED) is 0.391. The molecule has 0 unspecified atom stereocenters. The van der Waals surface area contributed by atoms with E-state index < -0.39 is 11.9 Å². The minimum absolute atomic E-state index is 0.255. The molecular formula is C8H12O4. The van der Waals surface area contributed by atoms with Gasteiger partial charge in [0.05, 0.1) is 0 Å². The van der Waals surface area contributed by atoms with Crippen molar-refractivity contribution in [3.8, 4) is 0 Å². The lowest BCUT2D eigenvalue weighted by Gasteiger charge is -1.92. The highest BCUT2D eigenvalue weighted by atomic mass is 16.5. The van der Waals surface area contributed by atoms with E-state index in [1.165, 1.54) is 6.08 Å². The smallest absolute Gasteiger partial charge is 0.330 e. The Balaban J connectivity index is 0. The third-order valence-electron chi connectivity index (χ3n) is 0.510. The molecule has 0 aliphatic heterocycles. The summed E-state index contributed by atoms with van der Waals surface area (Å²) in [5.74, 6) is -1.25.